The Kier molecular flexibility index (Phi) is 4.45. The summed E-state index contributed by atoms with van der Waals surface area (Å²) in [6.45, 7) is 5.40. The largest absolute Gasteiger partial charge is 0.345 e. The zero-order valence-electron chi connectivity index (χ0n) is 12.6. The number of nitrogens with zero attached hydrogens (tertiary/aromatic N) is 3. The van der Waals surface area contributed by atoms with Gasteiger partial charge in [0.15, 0.2) is 5.13 Å². The van der Waals surface area contributed by atoms with Gasteiger partial charge in [0.1, 0.15) is 0 Å². The molecular weight excluding hydrogens is 284 g/mol. The van der Waals surface area contributed by atoms with E-state index in [2.05, 4.69) is 15.3 Å². The summed E-state index contributed by atoms with van der Waals surface area (Å²) in [5.41, 5.74) is 7.14. The number of hydrogen-bond acceptors (Lipinski definition) is 5. The number of nitrogens with two attached hydrogens (primary N) is 1. The molecule has 1 saturated carbocycles. The summed E-state index contributed by atoms with van der Waals surface area (Å²) >= 11 is 1.69. The Morgan fingerprint density at radius 2 is 2.14 bits per heavy atom. The van der Waals surface area contributed by atoms with Crippen LogP contribution in [0.1, 0.15) is 31.4 Å². The summed E-state index contributed by atoms with van der Waals surface area (Å²) in [6, 6.07) is 0.230. The van der Waals surface area contributed by atoms with Crippen molar-refractivity contribution in [2.75, 3.05) is 31.1 Å². The lowest BCUT2D eigenvalue weighted by Gasteiger charge is -2.35. The highest BCUT2D eigenvalue weighted by Crippen LogP contribution is 2.28. The number of anilines is 1. The molecule has 2 atom stereocenters. The normalized spacial score (nSPS) is 26.4. The third-order valence-electron chi connectivity index (χ3n) is 4.66. The van der Waals surface area contributed by atoms with E-state index in [1.165, 1.54) is 6.42 Å². The van der Waals surface area contributed by atoms with Gasteiger partial charge in [-0.25, -0.2) is 4.98 Å². The first kappa shape index (κ1) is 14.8. The average molecular weight is 308 g/mol. The number of thiazole rings is 1. The van der Waals surface area contributed by atoms with Crippen LogP contribution in [-0.2, 0) is 4.79 Å². The summed E-state index contributed by atoms with van der Waals surface area (Å²) in [4.78, 5) is 21.2. The number of aryl methyl sites for hydroxylation is 1. The van der Waals surface area contributed by atoms with Crippen LogP contribution in [0.5, 0.6) is 0 Å². The van der Waals surface area contributed by atoms with Crippen molar-refractivity contribution in [1.82, 2.24) is 9.88 Å². The Hall–Kier alpha value is -1.14. The van der Waals surface area contributed by atoms with E-state index in [-0.39, 0.29) is 11.9 Å². The van der Waals surface area contributed by atoms with Gasteiger partial charge in [-0.05, 0) is 25.7 Å². The quantitative estimate of drug-likeness (QED) is 0.921. The number of carbonyl (C=O) groups excluding carboxylic acids is 1. The maximum absolute atomic E-state index is 12.4. The van der Waals surface area contributed by atoms with Crippen LogP contribution in [0.4, 0.5) is 5.13 Å². The molecule has 0 unspecified atom stereocenters. The molecule has 2 N–H and O–H groups in total. The molecule has 1 aromatic heterocycles. The molecule has 2 aliphatic rings. The van der Waals surface area contributed by atoms with E-state index in [0.29, 0.717) is 12.3 Å². The van der Waals surface area contributed by atoms with E-state index in [1.807, 2.05) is 11.8 Å². The zero-order chi connectivity index (χ0) is 14.8. The number of rotatable bonds is 3. The van der Waals surface area contributed by atoms with Gasteiger partial charge in [0.2, 0.25) is 5.91 Å². The fourth-order valence-corrected chi connectivity index (χ4v) is 4.16. The second-order valence-corrected chi connectivity index (χ2v) is 7.03. The van der Waals surface area contributed by atoms with E-state index in [4.69, 9.17) is 5.73 Å². The number of hydrogen-bond donors (Lipinski definition) is 1. The molecule has 0 aromatic carbocycles. The molecule has 1 aliphatic heterocycles. The second-order valence-electron chi connectivity index (χ2n) is 6.20. The summed E-state index contributed by atoms with van der Waals surface area (Å²) < 4.78 is 0. The topological polar surface area (TPSA) is 62.5 Å². The number of piperazine rings is 1. The lowest BCUT2D eigenvalue weighted by atomic mass is 9.99. The first-order valence-electron chi connectivity index (χ1n) is 7.84. The smallest absolute Gasteiger partial charge is 0.223 e. The summed E-state index contributed by atoms with van der Waals surface area (Å²) in [5.74, 6) is 0.685. The van der Waals surface area contributed by atoms with Gasteiger partial charge in [-0.15, -0.1) is 11.3 Å². The van der Waals surface area contributed by atoms with Crippen molar-refractivity contribution in [3.8, 4) is 0 Å². The van der Waals surface area contributed by atoms with Crippen LogP contribution in [0.3, 0.4) is 0 Å². The lowest BCUT2D eigenvalue weighted by molar-refractivity contribution is -0.132. The van der Waals surface area contributed by atoms with E-state index in [9.17, 15) is 4.79 Å². The minimum atomic E-state index is 0.230. The van der Waals surface area contributed by atoms with Gasteiger partial charge in [0.05, 0.1) is 5.69 Å². The van der Waals surface area contributed by atoms with Crippen LogP contribution in [0.25, 0.3) is 0 Å². The van der Waals surface area contributed by atoms with Crippen molar-refractivity contribution in [2.45, 2.75) is 38.6 Å². The second kappa shape index (κ2) is 6.32. The fourth-order valence-electron chi connectivity index (χ4n) is 3.31. The molecule has 116 valence electrons. The molecule has 1 amide bonds. The van der Waals surface area contributed by atoms with Crippen molar-refractivity contribution >= 4 is 22.4 Å². The number of aromatic nitrogens is 1. The highest BCUT2D eigenvalue weighted by molar-refractivity contribution is 7.13. The van der Waals surface area contributed by atoms with Gasteiger partial charge in [0.25, 0.3) is 0 Å². The maximum atomic E-state index is 12.4. The molecule has 3 rings (SSSR count). The predicted octanol–water partition coefficient (Wildman–Crippen LogP) is 1.62. The Morgan fingerprint density at radius 3 is 2.71 bits per heavy atom. The highest BCUT2D eigenvalue weighted by Gasteiger charge is 2.29. The Labute approximate surface area is 130 Å². The van der Waals surface area contributed by atoms with Gasteiger partial charge >= 0.3 is 0 Å². The average Bonchev–Trinajstić information content (AvgIpc) is 3.08. The third-order valence-corrected chi connectivity index (χ3v) is 5.68. The molecule has 1 saturated heterocycles. The van der Waals surface area contributed by atoms with Crippen molar-refractivity contribution in [3.63, 3.8) is 0 Å². The molecule has 2 fully saturated rings. The molecule has 21 heavy (non-hydrogen) atoms. The molecule has 6 heteroatoms. The summed E-state index contributed by atoms with van der Waals surface area (Å²) in [6.07, 6.45) is 4.01. The minimum absolute atomic E-state index is 0.230. The molecule has 0 bridgehead atoms. The lowest BCUT2D eigenvalue weighted by Crippen LogP contribution is -2.49. The molecule has 1 aliphatic carbocycles. The summed E-state index contributed by atoms with van der Waals surface area (Å²) in [7, 11) is 0. The first-order valence-corrected chi connectivity index (χ1v) is 8.72. The van der Waals surface area contributed by atoms with E-state index in [1.54, 1.807) is 11.3 Å². The minimum Gasteiger partial charge on any atom is -0.345 e. The molecule has 0 radical (unpaired) electrons. The van der Waals surface area contributed by atoms with E-state index in [0.717, 1.165) is 49.8 Å². The van der Waals surface area contributed by atoms with Gasteiger partial charge < -0.3 is 15.5 Å². The van der Waals surface area contributed by atoms with Crippen molar-refractivity contribution in [2.24, 2.45) is 11.7 Å². The first-order chi connectivity index (χ1) is 10.1. The molecule has 0 spiro atoms. The SMILES string of the molecule is Cc1csc(N2CCN(C(=O)C[C@@H]3CCC[C@H]3N)CC2)n1. The van der Waals surface area contributed by atoms with Crippen LogP contribution in [-0.4, -0.2) is 48.0 Å². The van der Waals surface area contributed by atoms with E-state index < -0.39 is 0 Å². The van der Waals surface area contributed by atoms with Crippen molar-refractivity contribution < 1.29 is 4.79 Å². The zero-order valence-corrected chi connectivity index (χ0v) is 13.4. The monoisotopic (exact) mass is 308 g/mol. The standard InChI is InChI=1S/C15H24N4OS/c1-11-10-21-15(17-11)19-7-5-18(6-8-19)14(20)9-12-3-2-4-13(12)16/h10,12-13H,2-9,16H2,1H3/t12-,13+/m0/s1. The molecular formula is C15H24N4OS. The van der Waals surface area contributed by atoms with Gasteiger partial charge in [-0.1, -0.05) is 6.42 Å². The fraction of sp³-hybridized carbons (Fsp3) is 0.733. The predicted molar refractivity (Wildman–Crippen MR) is 85.6 cm³/mol. The van der Waals surface area contributed by atoms with Crippen molar-refractivity contribution in [1.29, 1.82) is 0 Å². The van der Waals surface area contributed by atoms with E-state index >= 15 is 0 Å². The maximum Gasteiger partial charge on any atom is 0.223 e. The van der Waals surface area contributed by atoms with Gasteiger partial charge in [0, 0.05) is 44.0 Å². The molecule has 2 heterocycles. The van der Waals surface area contributed by atoms with Crippen molar-refractivity contribution in [3.05, 3.63) is 11.1 Å². The van der Waals surface area contributed by atoms with Gasteiger partial charge in [-0.3, -0.25) is 4.79 Å². The van der Waals surface area contributed by atoms with Gasteiger partial charge in [-0.2, -0.15) is 0 Å². The molecule has 1 aromatic rings. The molecule has 5 nitrogen and oxygen atoms in total. The van der Waals surface area contributed by atoms with Crippen LogP contribution in [0, 0.1) is 12.8 Å². The Balaban J connectivity index is 1.50. The third kappa shape index (κ3) is 3.37. The highest BCUT2D eigenvalue weighted by atomic mass is 32.1. The summed E-state index contributed by atoms with van der Waals surface area (Å²) in [5, 5.41) is 3.16. The number of amides is 1. The Bertz CT molecular complexity index is 496. The van der Waals surface area contributed by atoms with Crippen LogP contribution in [0.15, 0.2) is 5.38 Å². The van der Waals surface area contributed by atoms with Crippen LogP contribution < -0.4 is 10.6 Å². The van der Waals surface area contributed by atoms with Crippen LogP contribution in [0.2, 0.25) is 0 Å². The Morgan fingerprint density at radius 1 is 1.38 bits per heavy atom. The van der Waals surface area contributed by atoms with Crippen LogP contribution >= 0.6 is 11.3 Å². The number of carbonyl (C=O) groups is 1.